The second-order valence-electron chi connectivity index (χ2n) is 4.13. The fourth-order valence-corrected chi connectivity index (χ4v) is 1.81. The first-order valence-electron chi connectivity index (χ1n) is 5.61. The van der Waals surface area contributed by atoms with E-state index in [-0.39, 0.29) is 6.10 Å². The van der Waals surface area contributed by atoms with Crippen LogP contribution in [0.2, 0.25) is 0 Å². The van der Waals surface area contributed by atoms with Crippen molar-refractivity contribution in [2.45, 2.75) is 25.1 Å². The van der Waals surface area contributed by atoms with Gasteiger partial charge in [0.2, 0.25) is 0 Å². The van der Waals surface area contributed by atoms with Gasteiger partial charge in [0.25, 0.3) is 0 Å². The molecule has 1 aliphatic rings. The van der Waals surface area contributed by atoms with Crippen molar-refractivity contribution >= 4 is 5.71 Å². The lowest BCUT2D eigenvalue weighted by Crippen LogP contribution is -2.14. The lowest BCUT2D eigenvalue weighted by atomic mass is 10.0. The molecule has 6 heteroatoms. The molecule has 1 aliphatic heterocycles. The van der Waals surface area contributed by atoms with Crippen LogP contribution >= 0.6 is 0 Å². The van der Waals surface area contributed by atoms with Gasteiger partial charge in [-0.1, -0.05) is 17.3 Å². The predicted molar refractivity (Wildman–Crippen MR) is 61.1 cm³/mol. The van der Waals surface area contributed by atoms with Gasteiger partial charge in [0.1, 0.15) is 6.10 Å². The van der Waals surface area contributed by atoms with E-state index in [2.05, 4.69) is 5.16 Å². The molecule has 0 saturated carbocycles. The summed E-state index contributed by atoms with van der Waals surface area (Å²) in [6, 6.07) is 5.10. The molecule has 0 saturated heterocycles. The van der Waals surface area contributed by atoms with Gasteiger partial charge in [-0.15, -0.1) is 0 Å². The van der Waals surface area contributed by atoms with Crippen LogP contribution in [0, 0.1) is 0 Å². The Hall–Kier alpha value is -1.56. The second-order valence-corrected chi connectivity index (χ2v) is 4.13. The summed E-state index contributed by atoms with van der Waals surface area (Å²) in [5.74, 6) is 0. The van der Waals surface area contributed by atoms with Gasteiger partial charge in [0, 0.05) is 12.0 Å². The highest BCUT2D eigenvalue weighted by Gasteiger charge is 2.31. The summed E-state index contributed by atoms with van der Waals surface area (Å²) in [5.41, 5.74) is 5.71. The highest BCUT2D eigenvalue weighted by molar-refractivity contribution is 6.01. The van der Waals surface area contributed by atoms with Crippen molar-refractivity contribution in [3.05, 3.63) is 35.4 Å². The number of benzene rings is 1. The molecule has 2 N–H and O–H groups in total. The molecule has 0 bridgehead atoms. The Labute approximate surface area is 102 Å². The number of hydrogen-bond donors (Lipinski definition) is 1. The summed E-state index contributed by atoms with van der Waals surface area (Å²) >= 11 is 0. The molecule has 18 heavy (non-hydrogen) atoms. The second kappa shape index (κ2) is 4.97. The van der Waals surface area contributed by atoms with Gasteiger partial charge in [-0.2, -0.15) is 13.2 Å². The molecule has 0 aliphatic carbocycles. The topological polar surface area (TPSA) is 47.6 Å². The first kappa shape index (κ1) is 12.9. The highest BCUT2D eigenvalue weighted by Crippen LogP contribution is 2.30. The summed E-state index contributed by atoms with van der Waals surface area (Å²) in [7, 11) is 0. The van der Waals surface area contributed by atoms with Crippen molar-refractivity contribution in [1.82, 2.24) is 0 Å². The van der Waals surface area contributed by atoms with Crippen molar-refractivity contribution in [3.63, 3.8) is 0 Å². The van der Waals surface area contributed by atoms with Crippen LogP contribution in [-0.2, 0) is 11.0 Å². The van der Waals surface area contributed by atoms with Crippen LogP contribution < -0.4 is 5.73 Å². The Morgan fingerprint density at radius 3 is 2.83 bits per heavy atom. The van der Waals surface area contributed by atoms with Gasteiger partial charge in [-0.05, 0) is 25.1 Å². The summed E-state index contributed by atoms with van der Waals surface area (Å²) in [4.78, 5) is 5.11. The standard InChI is InChI=1S/C12H13F3N2O/c13-12(14,15)9-3-1-2-8(6-9)11-7-10(4-5-16)18-17-11/h1-3,6,10H,4-5,7,16H2. The molecule has 0 radical (unpaired) electrons. The van der Waals surface area contributed by atoms with Crippen molar-refractivity contribution < 1.29 is 18.0 Å². The quantitative estimate of drug-likeness (QED) is 0.905. The molecule has 98 valence electrons. The molecule has 1 unspecified atom stereocenters. The molecule has 2 rings (SSSR count). The van der Waals surface area contributed by atoms with Crippen LogP contribution in [0.4, 0.5) is 13.2 Å². The van der Waals surface area contributed by atoms with E-state index in [0.29, 0.717) is 30.7 Å². The van der Waals surface area contributed by atoms with E-state index in [1.165, 1.54) is 6.07 Å². The third-order valence-corrected chi connectivity index (χ3v) is 2.74. The van der Waals surface area contributed by atoms with Gasteiger partial charge in [0.15, 0.2) is 0 Å². The molecule has 0 amide bonds. The Morgan fingerprint density at radius 2 is 2.17 bits per heavy atom. The average Bonchev–Trinajstić information content (AvgIpc) is 2.77. The van der Waals surface area contributed by atoms with Gasteiger partial charge >= 0.3 is 6.18 Å². The maximum absolute atomic E-state index is 12.6. The first-order chi connectivity index (χ1) is 8.50. The van der Waals surface area contributed by atoms with Crippen LogP contribution in [0.15, 0.2) is 29.4 Å². The van der Waals surface area contributed by atoms with Crippen molar-refractivity contribution in [2.24, 2.45) is 10.9 Å². The number of nitrogens with zero attached hydrogens (tertiary/aromatic N) is 1. The van der Waals surface area contributed by atoms with E-state index in [1.807, 2.05) is 0 Å². The van der Waals surface area contributed by atoms with E-state index in [0.717, 1.165) is 12.1 Å². The van der Waals surface area contributed by atoms with Gasteiger partial charge in [-0.25, -0.2) is 0 Å². The highest BCUT2D eigenvalue weighted by atomic mass is 19.4. The molecular weight excluding hydrogens is 245 g/mol. The summed E-state index contributed by atoms with van der Waals surface area (Å²) in [6.07, 6.45) is -3.32. The third kappa shape index (κ3) is 2.81. The fraction of sp³-hybridized carbons (Fsp3) is 0.417. The number of rotatable bonds is 3. The maximum Gasteiger partial charge on any atom is 0.416 e. The van der Waals surface area contributed by atoms with Gasteiger partial charge < -0.3 is 10.6 Å². The van der Waals surface area contributed by atoms with Crippen LogP contribution in [0.5, 0.6) is 0 Å². The molecule has 0 aromatic heterocycles. The zero-order valence-electron chi connectivity index (χ0n) is 9.57. The Bertz CT molecular complexity index is 457. The molecular formula is C12H13F3N2O. The Balaban J connectivity index is 2.16. The molecule has 3 nitrogen and oxygen atoms in total. The van der Waals surface area contributed by atoms with Crippen molar-refractivity contribution in [3.8, 4) is 0 Å². The lowest BCUT2D eigenvalue weighted by Gasteiger charge is -2.08. The van der Waals surface area contributed by atoms with Crippen molar-refractivity contribution in [1.29, 1.82) is 0 Å². The van der Waals surface area contributed by atoms with Gasteiger partial charge in [-0.3, -0.25) is 0 Å². The van der Waals surface area contributed by atoms with Crippen LogP contribution in [0.1, 0.15) is 24.0 Å². The van der Waals surface area contributed by atoms with E-state index in [9.17, 15) is 13.2 Å². The largest absolute Gasteiger partial charge is 0.416 e. The van der Waals surface area contributed by atoms with Crippen LogP contribution in [-0.4, -0.2) is 18.4 Å². The monoisotopic (exact) mass is 258 g/mol. The van der Waals surface area contributed by atoms with E-state index < -0.39 is 11.7 Å². The Morgan fingerprint density at radius 1 is 1.39 bits per heavy atom. The molecule has 1 heterocycles. The first-order valence-corrected chi connectivity index (χ1v) is 5.61. The summed E-state index contributed by atoms with van der Waals surface area (Å²) in [6.45, 7) is 0.468. The average molecular weight is 258 g/mol. The van der Waals surface area contributed by atoms with E-state index in [4.69, 9.17) is 10.6 Å². The number of alkyl halides is 3. The molecule has 1 atom stereocenters. The molecule has 0 spiro atoms. The number of oxime groups is 1. The minimum absolute atomic E-state index is 0.125. The molecule has 0 fully saturated rings. The lowest BCUT2D eigenvalue weighted by molar-refractivity contribution is -0.137. The van der Waals surface area contributed by atoms with Crippen LogP contribution in [0.25, 0.3) is 0 Å². The summed E-state index contributed by atoms with van der Waals surface area (Å²) < 4.78 is 37.7. The minimum Gasteiger partial charge on any atom is -0.392 e. The zero-order valence-corrected chi connectivity index (χ0v) is 9.57. The third-order valence-electron chi connectivity index (χ3n) is 2.74. The van der Waals surface area contributed by atoms with E-state index in [1.54, 1.807) is 6.07 Å². The predicted octanol–water partition coefficient (Wildman–Crippen LogP) is 2.55. The molecule has 1 aromatic rings. The van der Waals surface area contributed by atoms with Gasteiger partial charge in [0.05, 0.1) is 11.3 Å². The number of hydrogen-bond acceptors (Lipinski definition) is 3. The number of halogens is 3. The summed E-state index contributed by atoms with van der Waals surface area (Å²) in [5, 5.41) is 3.82. The Kier molecular flexibility index (Phi) is 3.56. The molecule has 1 aromatic carbocycles. The maximum atomic E-state index is 12.6. The fourth-order valence-electron chi connectivity index (χ4n) is 1.81. The number of nitrogens with two attached hydrogens (primary N) is 1. The van der Waals surface area contributed by atoms with Crippen molar-refractivity contribution in [2.75, 3.05) is 6.54 Å². The smallest absolute Gasteiger partial charge is 0.392 e. The zero-order chi connectivity index (χ0) is 13.2. The minimum atomic E-state index is -4.34. The normalized spacial score (nSPS) is 19.6. The van der Waals surface area contributed by atoms with E-state index >= 15 is 0 Å². The van der Waals surface area contributed by atoms with Crippen LogP contribution in [0.3, 0.4) is 0 Å². The SMILES string of the molecule is NCCC1CC(c2cccc(C(F)(F)F)c2)=NO1.